The second-order valence-electron chi connectivity index (χ2n) is 9.24. The Kier molecular flexibility index (Phi) is 11.1. The number of ether oxygens (including phenoxy) is 1. The third-order valence-electron chi connectivity index (χ3n) is 5.92. The predicted octanol–water partition coefficient (Wildman–Crippen LogP) is 3.39. The highest BCUT2D eigenvalue weighted by Gasteiger charge is 2.11. The summed E-state index contributed by atoms with van der Waals surface area (Å²) in [6.07, 6.45) is 8.39. The molecule has 40 heavy (non-hydrogen) atoms. The minimum atomic E-state index is -0.141. The van der Waals surface area contributed by atoms with Gasteiger partial charge in [0.25, 0.3) is 0 Å². The molecule has 2 heterocycles. The Morgan fingerprint density at radius 2 is 1.62 bits per heavy atom. The lowest BCUT2D eigenvalue weighted by Crippen LogP contribution is -2.41. The van der Waals surface area contributed by atoms with Gasteiger partial charge in [0.1, 0.15) is 16.6 Å². The van der Waals surface area contributed by atoms with E-state index >= 15 is 0 Å². The van der Waals surface area contributed by atoms with Crippen molar-refractivity contribution in [3.63, 3.8) is 0 Å². The first-order chi connectivity index (χ1) is 19.6. The fourth-order valence-corrected chi connectivity index (χ4v) is 4.75. The maximum Gasteiger partial charge on any atom is 0.230 e. The van der Waals surface area contributed by atoms with Crippen molar-refractivity contribution in [2.75, 3.05) is 18.5 Å². The summed E-state index contributed by atoms with van der Waals surface area (Å²) in [6.45, 7) is 0.513. The number of benzene rings is 2. The van der Waals surface area contributed by atoms with E-state index in [-0.39, 0.29) is 24.8 Å². The van der Waals surface area contributed by atoms with E-state index in [2.05, 4.69) is 31.7 Å². The van der Waals surface area contributed by atoms with Crippen LogP contribution in [0, 0.1) is 0 Å². The molecule has 0 aliphatic carbocycles. The topological polar surface area (TPSA) is 138 Å². The lowest BCUT2D eigenvalue weighted by molar-refractivity contribution is -0.120. The number of anilines is 1. The fraction of sp³-hybridized carbons (Fsp3) is 0.310. The molecular weight excluding hydrogens is 528 g/mol. The van der Waals surface area contributed by atoms with Crippen LogP contribution in [0.25, 0.3) is 0 Å². The van der Waals surface area contributed by atoms with Gasteiger partial charge in [-0.05, 0) is 54.7 Å². The van der Waals surface area contributed by atoms with Crippen molar-refractivity contribution in [2.24, 2.45) is 0 Å². The van der Waals surface area contributed by atoms with Crippen molar-refractivity contribution < 1.29 is 19.4 Å². The predicted molar refractivity (Wildman–Crippen MR) is 154 cm³/mol. The number of aliphatic hydroxyl groups excluding tert-OH is 1. The molecule has 3 aromatic rings. The molecule has 0 saturated heterocycles. The Labute approximate surface area is 237 Å². The second-order valence-corrected chi connectivity index (χ2v) is 10.3. The highest BCUT2D eigenvalue weighted by molar-refractivity contribution is 7.15. The Balaban J connectivity index is 1.13. The van der Waals surface area contributed by atoms with Crippen LogP contribution in [-0.2, 0) is 28.9 Å². The smallest absolute Gasteiger partial charge is 0.230 e. The number of hydrazine groups is 1. The molecule has 0 atom stereocenters. The van der Waals surface area contributed by atoms with E-state index in [1.807, 2.05) is 66.7 Å². The zero-order chi connectivity index (χ0) is 28.0. The maximum atomic E-state index is 12.5. The number of nitrogens with one attached hydrogen (secondary N) is 4. The van der Waals surface area contributed by atoms with Gasteiger partial charge < -0.3 is 25.9 Å². The van der Waals surface area contributed by atoms with Crippen LogP contribution in [-0.4, -0.2) is 40.3 Å². The molecule has 0 saturated carbocycles. The summed E-state index contributed by atoms with van der Waals surface area (Å²) in [5.41, 5.74) is 8.99. The zero-order valence-electron chi connectivity index (χ0n) is 22.2. The van der Waals surface area contributed by atoms with Crippen LogP contribution in [0.4, 0.5) is 5.13 Å². The first-order valence-electron chi connectivity index (χ1n) is 13.3. The van der Waals surface area contributed by atoms with Crippen LogP contribution in [0.2, 0.25) is 0 Å². The summed E-state index contributed by atoms with van der Waals surface area (Å²) < 4.78 is 5.57. The lowest BCUT2D eigenvalue weighted by Gasteiger charge is -2.20. The van der Waals surface area contributed by atoms with Crippen LogP contribution in [0.3, 0.4) is 0 Å². The van der Waals surface area contributed by atoms with Crippen LogP contribution < -0.4 is 26.2 Å². The average Bonchev–Trinajstić information content (AvgIpc) is 3.39. The summed E-state index contributed by atoms with van der Waals surface area (Å²) in [5.74, 6) is 1.02. The largest absolute Gasteiger partial charge is 0.493 e. The summed E-state index contributed by atoms with van der Waals surface area (Å²) in [5, 5.41) is 24.3. The molecule has 0 radical (unpaired) electrons. The average molecular weight is 563 g/mol. The van der Waals surface area contributed by atoms with Crippen LogP contribution in [0.1, 0.15) is 41.8 Å². The van der Waals surface area contributed by atoms with Gasteiger partial charge in [0, 0.05) is 25.1 Å². The van der Waals surface area contributed by atoms with Crippen molar-refractivity contribution in [3.8, 4) is 5.75 Å². The quantitative estimate of drug-likeness (QED) is 0.178. The molecule has 2 amide bonds. The number of unbranched alkanes of at least 4 members (excludes halogenated alkanes) is 1. The number of nitrogens with zero attached hydrogens (tertiary/aromatic N) is 2. The minimum absolute atomic E-state index is 0.0811. The van der Waals surface area contributed by atoms with E-state index in [1.54, 1.807) is 0 Å². The number of aliphatic hydroxyl groups is 1. The summed E-state index contributed by atoms with van der Waals surface area (Å²) >= 11 is 1.41. The monoisotopic (exact) mass is 562 g/mol. The van der Waals surface area contributed by atoms with E-state index in [0.29, 0.717) is 36.2 Å². The highest BCUT2D eigenvalue weighted by atomic mass is 32.1. The number of carbonyl (C=O) groups is 2. The number of amides is 2. The van der Waals surface area contributed by atoms with Gasteiger partial charge >= 0.3 is 0 Å². The van der Waals surface area contributed by atoms with Crippen molar-refractivity contribution in [3.05, 3.63) is 94.4 Å². The molecule has 10 nitrogen and oxygen atoms in total. The van der Waals surface area contributed by atoms with Gasteiger partial charge in [-0.2, -0.15) is 0 Å². The Hall–Kier alpha value is -4.22. The van der Waals surface area contributed by atoms with Crippen molar-refractivity contribution in [1.29, 1.82) is 0 Å². The van der Waals surface area contributed by atoms with E-state index in [0.717, 1.165) is 47.5 Å². The highest BCUT2D eigenvalue weighted by Crippen LogP contribution is 2.19. The van der Waals surface area contributed by atoms with Crippen LogP contribution >= 0.6 is 11.3 Å². The number of aryl methyl sites for hydroxylation is 1. The molecule has 210 valence electrons. The van der Waals surface area contributed by atoms with Crippen molar-refractivity contribution in [1.82, 2.24) is 26.4 Å². The van der Waals surface area contributed by atoms with E-state index in [9.17, 15) is 9.59 Å². The van der Waals surface area contributed by atoms with Gasteiger partial charge in [-0.3, -0.25) is 15.0 Å². The summed E-state index contributed by atoms with van der Waals surface area (Å²) in [4.78, 5) is 24.7. The molecule has 0 fully saturated rings. The molecule has 1 aliphatic heterocycles. The summed E-state index contributed by atoms with van der Waals surface area (Å²) in [6, 6.07) is 17.0. The fourth-order valence-electron chi connectivity index (χ4n) is 3.95. The molecule has 1 aliphatic rings. The standard InChI is InChI=1S/C29H34N6O4S/c36-16-7-17-39-24-12-6-10-22(18-24)20-26(37)30-25-15-14-23(32-33-25)11-4-5-13-28-34-35-29(40-28)31-27(38)19-21-8-2-1-3-9-21/h1-3,6,8-10,12,14-15,18,32-33,36H,4-5,7,11,13,16-17,19-20H2,(H,30,37)(H,31,35,38). The SMILES string of the molecule is O=C(Cc1cccc(OCCCO)c1)NC1=CC=C(CCCCc2nnc(NC(=O)Cc3ccccc3)s2)NN1. The molecule has 5 N–H and O–H groups in total. The molecular formula is C29H34N6O4S. The van der Waals surface area contributed by atoms with Crippen LogP contribution in [0.15, 0.2) is 78.3 Å². The normalized spacial score (nSPS) is 12.4. The second kappa shape index (κ2) is 15.4. The molecule has 0 spiro atoms. The van der Waals surface area contributed by atoms with Gasteiger partial charge in [-0.1, -0.05) is 53.8 Å². The number of rotatable bonds is 15. The third-order valence-corrected chi connectivity index (χ3v) is 6.82. The molecule has 2 aromatic carbocycles. The van der Waals surface area contributed by atoms with E-state index in [4.69, 9.17) is 9.84 Å². The molecule has 1 aromatic heterocycles. The van der Waals surface area contributed by atoms with Gasteiger partial charge in [0.05, 0.1) is 19.4 Å². The zero-order valence-corrected chi connectivity index (χ0v) is 23.0. The van der Waals surface area contributed by atoms with Gasteiger partial charge in [0.15, 0.2) is 0 Å². The Morgan fingerprint density at radius 3 is 2.42 bits per heavy atom. The van der Waals surface area contributed by atoms with E-state index < -0.39 is 0 Å². The Bertz CT molecular complexity index is 1320. The van der Waals surface area contributed by atoms with Gasteiger partial charge in [-0.15, -0.1) is 10.2 Å². The number of aromatic nitrogens is 2. The van der Waals surface area contributed by atoms with Gasteiger partial charge in [-0.25, -0.2) is 0 Å². The van der Waals surface area contributed by atoms with Gasteiger partial charge in [0.2, 0.25) is 16.9 Å². The minimum Gasteiger partial charge on any atom is -0.493 e. The first-order valence-corrected chi connectivity index (χ1v) is 14.1. The van der Waals surface area contributed by atoms with Crippen molar-refractivity contribution >= 4 is 28.3 Å². The van der Waals surface area contributed by atoms with Crippen LogP contribution in [0.5, 0.6) is 5.75 Å². The third kappa shape index (κ3) is 9.83. The number of allylic oxidation sites excluding steroid dienone is 3. The Morgan fingerprint density at radius 1 is 0.850 bits per heavy atom. The number of carbonyl (C=O) groups excluding carboxylic acids is 2. The number of hydrogen-bond donors (Lipinski definition) is 5. The number of hydrogen-bond acceptors (Lipinski definition) is 9. The lowest BCUT2D eigenvalue weighted by atomic mass is 10.1. The molecule has 0 unspecified atom stereocenters. The van der Waals surface area contributed by atoms with Crippen molar-refractivity contribution in [2.45, 2.75) is 44.9 Å². The molecule has 11 heteroatoms. The van der Waals surface area contributed by atoms with E-state index in [1.165, 1.54) is 11.3 Å². The first kappa shape index (κ1) is 28.8. The maximum absolute atomic E-state index is 12.5. The molecule has 0 bridgehead atoms. The summed E-state index contributed by atoms with van der Waals surface area (Å²) in [7, 11) is 0. The molecule has 4 rings (SSSR count).